The second kappa shape index (κ2) is 4.05. The molecule has 2 heteroatoms. The van der Waals surface area contributed by atoms with E-state index in [-0.39, 0.29) is 0 Å². The molecular weight excluding hydrogens is 222 g/mol. The van der Waals surface area contributed by atoms with Gasteiger partial charge in [-0.3, -0.25) is 0 Å². The Morgan fingerprint density at radius 1 is 1.06 bits per heavy atom. The second-order valence-corrected chi connectivity index (χ2v) is 4.31. The molecule has 18 heavy (non-hydrogen) atoms. The molecule has 3 aromatic rings. The lowest BCUT2D eigenvalue weighted by atomic mass is 9.97. The molecule has 0 aliphatic rings. The van der Waals surface area contributed by atoms with E-state index in [1.165, 1.54) is 0 Å². The number of aryl methyl sites for hydroxylation is 1. The monoisotopic (exact) mass is 233 g/mol. The van der Waals surface area contributed by atoms with Gasteiger partial charge in [0.2, 0.25) is 0 Å². The molecule has 0 fully saturated rings. The molecule has 0 radical (unpaired) electrons. The summed E-state index contributed by atoms with van der Waals surface area (Å²) in [4.78, 5) is 0. The number of rotatable bonds is 1. The lowest BCUT2D eigenvalue weighted by Gasteiger charge is -2.06. The first-order chi connectivity index (χ1) is 8.78. The molecule has 0 unspecified atom stereocenters. The molecule has 86 valence electrons. The summed E-state index contributed by atoms with van der Waals surface area (Å²) in [6, 6.07) is 15.9. The van der Waals surface area contributed by atoms with Crippen LogP contribution in [0.5, 0.6) is 0 Å². The van der Waals surface area contributed by atoms with Crippen molar-refractivity contribution in [2.75, 3.05) is 0 Å². The first kappa shape index (κ1) is 10.6. The number of hydrogen-bond donors (Lipinski definition) is 0. The molecule has 0 aliphatic carbocycles. The van der Waals surface area contributed by atoms with Crippen LogP contribution < -0.4 is 0 Å². The van der Waals surface area contributed by atoms with E-state index in [0.29, 0.717) is 5.56 Å². The smallest absolute Gasteiger partial charge is 0.133 e. The second-order valence-electron chi connectivity index (χ2n) is 4.31. The van der Waals surface area contributed by atoms with Gasteiger partial charge in [0.25, 0.3) is 0 Å². The molecule has 1 heterocycles. The van der Waals surface area contributed by atoms with Crippen molar-refractivity contribution in [3.8, 4) is 17.2 Å². The minimum atomic E-state index is 0.683. The van der Waals surface area contributed by atoms with Crippen molar-refractivity contribution >= 4 is 11.0 Å². The van der Waals surface area contributed by atoms with E-state index < -0.39 is 0 Å². The molecule has 0 spiro atoms. The van der Waals surface area contributed by atoms with Crippen LogP contribution in [0.25, 0.3) is 22.1 Å². The van der Waals surface area contributed by atoms with Gasteiger partial charge < -0.3 is 4.42 Å². The van der Waals surface area contributed by atoms with Crippen molar-refractivity contribution in [2.24, 2.45) is 0 Å². The van der Waals surface area contributed by atoms with Crippen molar-refractivity contribution in [1.82, 2.24) is 0 Å². The van der Waals surface area contributed by atoms with Crippen LogP contribution in [-0.2, 0) is 0 Å². The third-order valence-corrected chi connectivity index (χ3v) is 3.13. The number of nitrogens with zero attached hydrogens (tertiary/aromatic N) is 1. The molecular formula is C16H11NO. The van der Waals surface area contributed by atoms with Gasteiger partial charge in [0.15, 0.2) is 0 Å². The van der Waals surface area contributed by atoms with Crippen molar-refractivity contribution in [1.29, 1.82) is 5.26 Å². The van der Waals surface area contributed by atoms with Gasteiger partial charge >= 0.3 is 0 Å². The molecule has 0 N–H and O–H groups in total. The molecule has 2 aromatic carbocycles. The highest BCUT2D eigenvalue weighted by atomic mass is 16.3. The lowest BCUT2D eigenvalue weighted by Crippen LogP contribution is -1.85. The zero-order chi connectivity index (χ0) is 12.5. The normalized spacial score (nSPS) is 10.4. The maximum atomic E-state index is 8.97. The molecule has 0 saturated carbocycles. The summed E-state index contributed by atoms with van der Waals surface area (Å²) in [5.74, 6) is 0. The maximum Gasteiger partial charge on any atom is 0.133 e. The Hall–Kier alpha value is -2.53. The average Bonchev–Trinajstić information content (AvgIpc) is 2.86. The van der Waals surface area contributed by atoms with E-state index in [2.05, 4.69) is 19.1 Å². The third-order valence-electron chi connectivity index (χ3n) is 3.13. The van der Waals surface area contributed by atoms with Crippen LogP contribution in [-0.4, -0.2) is 0 Å². The van der Waals surface area contributed by atoms with Crippen LogP contribution in [0.4, 0.5) is 0 Å². The summed E-state index contributed by atoms with van der Waals surface area (Å²) in [7, 11) is 0. The van der Waals surface area contributed by atoms with Crippen LogP contribution >= 0.6 is 0 Å². The summed E-state index contributed by atoms with van der Waals surface area (Å²) in [6.45, 7) is 2.05. The Morgan fingerprint density at radius 3 is 2.78 bits per heavy atom. The van der Waals surface area contributed by atoms with Gasteiger partial charge in [0.1, 0.15) is 5.58 Å². The highest BCUT2D eigenvalue weighted by Gasteiger charge is 2.05. The van der Waals surface area contributed by atoms with Gasteiger partial charge in [0, 0.05) is 5.39 Å². The van der Waals surface area contributed by atoms with Crippen molar-refractivity contribution in [3.63, 3.8) is 0 Å². The van der Waals surface area contributed by atoms with Gasteiger partial charge in [-0.25, -0.2) is 0 Å². The van der Waals surface area contributed by atoms with Crippen LogP contribution in [0.15, 0.2) is 53.1 Å². The molecule has 3 rings (SSSR count). The summed E-state index contributed by atoms with van der Waals surface area (Å²) in [6.07, 6.45) is 1.69. The van der Waals surface area contributed by atoms with Crippen molar-refractivity contribution in [2.45, 2.75) is 6.92 Å². The zero-order valence-electron chi connectivity index (χ0n) is 9.97. The average molecular weight is 233 g/mol. The molecule has 1 aromatic heterocycles. The van der Waals surface area contributed by atoms with Crippen LogP contribution in [0, 0.1) is 18.3 Å². The number of hydrogen-bond acceptors (Lipinski definition) is 2. The van der Waals surface area contributed by atoms with Crippen LogP contribution in [0.1, 0.15) is 11.1 Å². The van der Waals surface area contributed by atoms with E-state index in [9.17, 15) is 0 Å². The first-order valence-corrected chi connectivity index (χ1v) is 5.76. The summed E-state index contributed by atoms with van der Waals surface area (Å²) >= 11 is 0. The van der Waals surface area contributed by atoms with Gasteiger partial charge in [-0.05, 0) is 53.9 Å². The number of furan rings is 1. The van der Waals surface area contributed by atoms with Gasteiger partial charge in [-0.1, -0.05) is 12.1 Å². The van der Waals surface area contributed by atoms with Gasteiger partial charge in [-0.2, -0.15) is 5.26 Å². The van der Waals surface area contributed by atoms with E-state index in [4.69, 9.17) is 9.68 Å². The van der Waals surface area contributed by atoms with E-state index in [1.54, 1.807) is 6.26 Å². The van der Waals surface area contributed by atoms with Gasteiger partial charge in [-0.15, -0.1) is 0 Å². The van der Waals surface area contributed by atoms with E-state index >= 15 is 0 Å². The zero-order valence-corrected chi connectivity index (χ0v) is 9.97. The highest BCUT2D eigenvalue weighted by Crippen LogP contribution is 2.28. The SMILES string of the molecule is Cc1ccc(C#N)cc1-c1ccc2occc2c1. The predicted octanol–water partition coefficient (Wildman–Crippen LogP) is 4.28. The molecule has 0 bridgehead atoms. The fourth-order valence-corrected chi connectivity index (χ4v) is 2.14. The minimum Gasteiger partial charge on any atom is -0.464 e. The molecule has 0 atom stereocenters. The van der Waals surface area contributed by atoms with Gasteiger partial charge in [0.05, 0.1) is 17.9 Å². The molecule has 0 amide bonds. The summed E-state index contributed by atoms with van der Waals surface area (Å²) in [5.41, 5.74) is 4.93. The summed E-state index contributed by atoms with van der Waals surface area (Å²) in [5, 5.41) is 10.1. The third kappa shape index (κ3) is 1.66. The lowest BCUT2D eigenvalue weighted by molar-refractivity contribution is 0.616. The number of benzene rings is 2. The number of nitriles is 1. The van der Waals surface area contributed by atoms with Crippen molar-refractivity contribution < 1.29 is 4.42 Å². The molecule has 0 saturated heterocycles. The van der Waals surface area contributed by atoms with E-state index in [0.717, 1.165) is 27.7 Å². The largest absolute Gasteiger partial charge is 0.464 e. The Morgan fingerprint density at radius 2 is 1.94 bits per heavy atom. The fraction of sp³-hybridized carbons (Fsp3) is 0.0625. The molecule has 2 nitrogen and oxygen atoms in total. The Balaban J connectivity index is 2.22. The van der Waals surface area contributed by atoms with Crippen LogP contribution in [0.3, 0.4) is 0 Å². The first-order valence-electron chi connectivity index (χ1n) is 5.76. The van der Waals surface area contributed by atoms with E-state index in [1.807, 2.05) is 36.4 Å². The Kier molecular flexibility index (Phi) is 2.39. The topological polar surface area (TPSA) is 36.9 Å². The van der Waals surface area contributed by atoms with Crippen molar-refractivity contribution in [3.05, 3.63) is 59.9 Å². The van der Waals surface area contributed by atoms with Crippen LogP contribution in [0.2, 0.25) is 0 Å². The quantitative estimate of drug-likeness (QED) is 0.629. The Bertz CT molecular complexity index is 762. The molecule has 0 aliphatic heterocycles. The maximum absolute atomic E-state index is 8.97. The Labute approximate surface area is 105 Å². The summed E-state index contributed by atoms with van der Waals surface area (Å²) < 4.78 is 5.33. The standard InChI is InChI=1S/C16H11NO/c1-11-2-3-12(10-17)8-15(11)13-4-5-16-14(9-13)6-7-18-16/h2-9H,1H3. The predicted molar refractivity (Wildman–Crippen MR) is 71.1 cm³/mol. The number of fused-ring (bicyclic) bond motifs is 1. The minimum absolute atomic E-state index is 0.683. The fourth-order valence-electron chi connectivity index (χ4n) is 2.14. The highest BCUT2D eigenvalue weighted by molar-refractivity contribution is 5.84.